The molecule has 0 amide bonds. The average molecular weight is 275 g/mol. The van der Waals surface area contributed by atoms with E-state index in [1.165, 1.54) is 11.1 Å². The van der Waals surface area contributed by atoms with Crippen LogP contribution in [0.25, 0.3) is 0 Å². The Bertz CT molecular complexity index is 459. The quantitative estimate of drug-likeness (QED) is 0.880. The van der Waals surface area contributed by atoms with E-state index in [-0.39, 0.29) is 10.8 Å². The summed E-state index contributed by atoms with van der Waals surface area (Å²) in [7, 11) is 0. The number of ether oxygens (including phenoxy) is 1. The molecule has 1 aromatic carbocycles. The van der Waals surface area contributed by atoms with Crippen molar-refractivity contribution in [1.82, 2.24) is 5.32 Å². The lowest BCUT2D eigenvalue weighted by atomic mass is 9.80. The molecule has 0 aromatic heterocycles. The fourth-order valence-electron chi connectivity index (χ4n) is 2.59. The molecule has 20 heavy (non-hydrogen) atoms. The molecule has 0 aliphatic carbocycles. The van der Waals surface area contributed by atoms with Gasteiger partial charge in [-0.05, 0) is 41.0 Å². The maximum absolute atomic E-state index is 6.24. The van der Waals surface area contributed by atoms with Gasteiger partial charge in [-0.1, -0.05) is 53.7 Å². The minimum atomic E-state index is 0.0998. The van der Waals surface area contributed by atoms with E-state index in [1.807, 2.05) is 0 Å². The topological polar surface area (TPSA) is 21.3 Å². The van der Waals surface area contributed by atoms with Gasteiger partial charge in [0.25, 0.3) is 0 Å². The van der Waals surface area contributed by atoms with Crippen molar-refractivity contribution < 1.29 is 4.74 Å². The molecular formula is C18H29NO. The average Bonchev–Trinajstić information content (AvgIpc) is 2.79. The molecule has 0 unspecified atom stereocenters. The van der Waals surface area contributed by atoms with Crippen LogP contribution in [0.5, 0.6) is 5.75 Å². The third kappa shape index (κ3) is 3.54. The van der Waals surface area contributed by atoms with Crippen LogP contribution < -0.4 is 10.1 Å². The van der Waals surface area contributed by atoms with Gasteiger partial charge < -0.3 is 10.1 Å². The van der Waals surface area contributed by atoms with Crippen molar-refractivity contribution in [2.75, 3.05) is 13.1 Å². The Kier molecular flexibility index (Phi) is 4.15. The second-order valence-electron chi connectivity index (χ2n) is 7.94. The van der Waals surface area contributed by atoms with Crippen LogP contribution in [0.2, 0.25) is 0 Å². The Morgan fingerprint density at radius 1 is 1.05 bits per heavy atom. The molecule has 2 rings (SSSR count). The molecule has 1 fully saturated rings. The summed E-state index contributed by atoms with van der Waals surface area (Å²) in [6, 6.07) is 6.71. The summed E-state index contributed by atoms with van der Waals surface area (Å²) in [5, 5.41) is 3.36. The predicted octanol–water partition coefficient (Wildman–Crippen LogP) is 4.02. The third-order valence-corrected chi connectivity index (χ3v) is 3.96. The molecular weight excluding hydrogens is 246 g/mol. The maximum Gasteiger partial charge on any atom is 0.123 e. The smallest absolute Gasteiger partial charge is 0.123 e. The molecule has 1 aromatic rings. The van der Waals surface area contributed by atoms with Crippen LogP contribution in [0, 0.1) is 0 Å². The van der Waals surface area contributed by atoms with Gasteiger partial charge in [0.15, 0.2) is 0 Å². The highest BCUT2D eigenvalue weighted by Gasteiger charge is 2.25. The van der Waals surface area contributed by atoms with E-state index >= 15 is 0 Å². The second-order valence-corrected chi connectivity index (χ2v) is 7.94. The largest absolute Gasteiger partial charge is 0.489 e. The van der Waals surface area contributed by atoms with Crippen LogP contribution in [0.1, 0.15) is 59.1 Å². The number of rotatable bonds is 2. The van der Waals surface area contributed by atoms with Crippen LogP contribution >= 0.6 is 0 Å². The molecule has 0 saturated carbocycles. The lowest BCUT2D eigenvalue weighted by Gasteiger charge is -2.28. The van der Waals surface area contributed by atoms with E-state index in [2.05, 4.69) is 65.1 Å². The Morgan fingerprint density at radius 3 is 2.25 bits per heavy atom. The molecule has 2 nitrogen and oxygen atoms in total. The van der Waals surface area contributed by atoms with Gasteiger partial charge in [-0.15, -0.1) is 0 Å². The Balaban J connectivity index is 2.35. The van der Waals surface area contributed by atoms with E-state index < -0.39 is 0 Å². The standard InChI is InChI=1S/C18H29NO/c1-17(2,3)13-7-8-16(15(11-13)18(4,5)6)20-14-9-10-19-12-14/h7-8,11,14,19H,9-10,12H2,1-6H3/t14-/m1/s1. The minimum Gasteiger partial charge on any atom is -0.489 e. The predicted molar refractivity (Wildman–Crippen MR) is 85.7 cm³/mol. The number of benzene rings is 1. The van der Waals surface area contributed by atoms with Crippen molar-refractivity contribution >= 4 is 0 Å². The van der Waals surface area contributed by atoms with Gasteiger partial charge in [-0.3, -0.25) is 0 Å². The van der Waals surface area contributed by atoms with Gasteiger partial charge in [-0.25, -0.2) is 0 Å². The van der Waals surface area contributed by atoms with Gasteiger partial charge in [0.05, 0.1) is 0 Å². The fraction of sp³-hybridized carbons (Fsp3) is 0.667. The molecule has 112 valence electrons. The van der Waals surface area contributed by atoms with Crippen LogP contribution in [-0.2, 0) is 10.8 Å². The van der Waals surface area contributed by atoms with Gasteiger partial charge in [-0.2, -0.15) is 0 Å². The molecule has 0 radical (unpaired) electrons. The van der Waals surface area contributed by atoms with Crippen LogP contribution in [0.15, 0.2) is 18.2 Å². The van der Waals surface area contributed by atoms with Crippen molar-refractivity contribution in [3.63, 3.8) is 0 Å². The number of hydrogen-bond acceptors (Lipinski definition) is 2. The lowest BCUT2D eigenvalue weighted by molar-refractivity contribution is 0.218. The van der Waals surface area contributed by atoms with Gasteiger partial charge in [0.2, 0.25) is 0 Å². The summed E-state index contributed by atoms with van der Waals surface area (Å²) in [6.45, 7) is 15.6. The highest BCUT2D eigenvalue weighted by Crippen LogP contribution is 2.36. The summed E-state index contributed by atoms with van der Waals surface area (Å²) < 4.78 is 6.24. The Hall–Kier alpha value is -1.02. The van der Waals surface area contributed by atoms with E-state index in [0.717, 1.165) is 25.3 Å². The van der Waals surface area contributed by atoms with E-state index in [9.17, 15) is 0 Å². The third-order valence-electron chi connectivity index (χ3n) is 3.96. The van der Waals surface area contributed by atoms with Gasteiger partial charge in [0.1, 0.15) is 11.9 Å². The highest BCUT2D eigenvalue weighted by molar-refractivity contribution is 5.43. The van der Waals surface area contributed by atoms with Crippen molar-refractivity contribution in [3.8, 4) is 5.75 Å². The molecule has 1 heterocycles. The Morgan fingerprint density at radius 2 is 1.75 bits per heavy atom. The lowest BCUT2D eigenvalue weighted by Crippen LogP contribution is -2.23. The fourth-order valence-corrected chi connectivity index (χ4v) is 2.59. The van der Waals surface area contributed by atoms with E-state index in [4.69, 9.17) is 4.74 Å². The zero-order chi connectivity index (χ0) is 15.0. The summed E-state index contributed by atoms with van der Waals surface area (Å²) >= 11 is 0. The zero-order valence-electron chi connectivity index (χ0n) is 13.8. The first-order valence-corrected chi connectivity index (χ1v) is 7.70. The van der Waals surface area contributed by atoms with Crippen molar-refractivity contribution in [3.05, 3.63) is 29.3 Å². The summed E-state index contributed by atoms with van der Waals surface area (Å²) in [5.74, 6) is 1.05. The molecule has 1 aliphatic rings. The molecule has 2 heteroatoms. The maximum atomic E-state index is 6.24. The summed E-state index contributed by atoms with van der Waals surface area (Å²) in [4.78, 5) is 0. The monoisotopic (exact) mass is 275 g/mol. The molecule has 0 bridgehead atoms. The second kappa shape index (κ2) is 5.40. The van der Waals surface area contributed by atoms with Crippen LogP contribution in [0.4, 0.5) is 0 Å². The number of hydrogen-bond donors (Lipinski definition) is 1. The molecule has 1 atom stereocenters. The van der Waals surface area contributed by atoms with Crippen LogP contribution in [0.3, 0.4) is 0 Å². The van der Waals surface area contributed by atoms with Crippen LogP contribution in [-0.4, -0.2) is 19.2 Å². The SMILES string of the molecule is CC(C)(C)c1ccc(O[C@@H]2CCNC2)c(C(C)(C)C)c1. The van der Waals surface area contributed by atoms with Gasteiger partial charge >= 0.3 is 0 Å². The molecule has 1 N–H and O–H groups in total. The first-order valence-electron chi connectivity index (χ1n) is 7.70. The summed E-state index contributed by atoms with van der Waals surface area (Å²) in [6.07, 6.45) is 1.42. The Labute approximate surface area is 123 Å². The van der Waals surface area contributed by atoms with Crippen molar-refractivity contribution in [2.24, 2.45) is 0 Å². The van der Waals surface area contributed by atoms with Crippen molar-refractivity contribution in [1.29, 1.82) is 0 Å². The zero-order valence-corrected chi connectivity index (χ0v) is 13.8. The van der Waals surface area contributed by atoms with E-state index in [0.29, 0.717) is 6.10 Å². The first kappa shape index (κ1) is 15.4. The highest BCUT2D eigenvalue weighted by atomic mass is 16.5. The van der Waals surface area contributed by atoms with Crippen molar-refractivity contribution in [2.45, 2.75) is 64.9 Å². The molecule has 0 spiro atoms. The minimum absolute atomic E-state index is 0.0998. The summed E-state index contributed by atoms with van der Waals surface area (Å²) in [5.41, 5.74) is 2.96. The normalized spacial score (nSPS) is 20.2. The molecule has 1 aliphatic heterocycles. The van der Waals surface area contributed by atoms with E-state index in [1.54, 1.807) is 0 Å². The molecule has 1 saturated heterocycles. The van der Waals surface area contributed by atoms with Gasteiger partial charge in [0, 0.05) is 6.54 Å². The first-order chi connectivity index (χ1) is 9.18. The number of nitrogens with one attached hydrogen (secondary N) is 1.